The fourth-order valence-electron chi connectivity index (χ4n) is 3.15. The molecule has 2 aliphatic rings. The van der Waals surface area contributed by atoms with Gasteiger partial charge in [0.1, 0.15) is 9.92 Å². The number of hydrogen-bond donors (Lipinski definition) is 1. The zero-order chi connectivity index (χ0) is 12.3. The van der Waals surface area contributed by atoms with Crippen LogP contribution in [0.15, 0.2) is 4.36 Å². The smallest absolute Gasteiger partial charge is 0.113 e. The molecule has 0 aromatic rings. The SMILES string of the molecule is CN=S(=O)(C1CCCCC1)N1CCC[C@@H]1CO. The van der Waals surface area contributed by atoms with Gasteiger partial charge in [0, 0.05) is 19.6 Å². The third-order valence-electron chi connectivity index (χ3n) is 4.12. The van der Waals surface area contributed by atoms with Crippen molar-refractivity contribution in [2.24, 2.45) is 4.36 Å². The Morgan fingerprint density at radius 2 is 1.94 bits per heavy atom. The van der Waals surface area contributed by atoms with E-state index in [2.05, 4.69) is 4.36 Å². The molecule has 0 amide bonds. The maximum Gasteiger partial charge on any atom is 0.113 e. The molecule has 1 saturated heterocycles. The van der Waals surface area contributed by atoms with Crippen molar-refractivity contribution in [3.05, 3.63) is 0 Å². The predicted molar refractivity (Wildman–Crippen MR) is 70.2 cm³/mol. The molecular weight excluding hydrogens is 236 g/mol. The van der Waals surface area contributed by atoms with Crippen molar-refractivity contribution in [2.45, 2.75) is 56.2 Å². The summed E-state index contributed by atoms with van der Waals surface area (Å²) in [5.41, 5.74) is 0. The minimum atomic E-state index is -2.27. The second-order valence-corrected chi connectivity index (χ2v) is 7.68. The highest BCUT2D eigenvalue weighted by Crippen LogP contribution is 2.31. The summed E-state index contributed by atoms with van der Waals surface area (Å²) >= 11 is 0. The minimum absolute atomic E-state index is 0.0631. The first-order valence-corrected chi connectivity index (χ1v) is 8.27. The molecule has 0 aromatic heterocycles. The minimum Gasteiger partial charge on any atom is -0.395 e. The first-order chi connectivity index (χ1) is 8.22. The van der Waals surface area contributed by atoms with Crippen molar-refractivity contribution in [1.82, 2.24) is 4.31 Å². The van der Waals surface area contributed by atoms with Gasteiger partial charge in [0.15, 0.2) is 0 Å². The zero-order valence-electron chi connectivity index (χ0n) is 10.7. The number of aliphatic hydroxyl groups excluding tert-OH is 1. The van der Waals surface area contributed by atoms with Gasteiger partial charge in [-0.05, 0) is 25.7 Å². The summed E-state index contributed by atoms with van der Waals surface area (Å²) < 4.78 is 19.4. The maximum absolute atomic E-state index is 13.1. The molecule has 1 heterocycles. The molecule has 100 valence electrons. The Balaban J connectivity index is 2.21. The van der Waals surface area contributed by atoms with Gasteiger partial charge in [-0.2, -0.15) is 0 Å². The van der Waals surface area contributed by atoms with Crippen LogP contribution >= 0.6 is 0 Å². The van der Waals surface area contributed by atoms with Crippen LogP contribution in [-0.4, -0.2) is 45.1 Å². The second kappa shape index (κ2) is 5.67. The number of rotatable bonds is 3. The van der Waals surface area contributed by atoms with Crippen molar-refractivity contribution in [1.29, 1.82) is 0 Å². The summed E-state index contributed by atoms with van der Waals surface area (Å²) in [6.07, 6.45) is 7.67. The molecule has 2 fully saturated rings. The summed E-state index contributed by atoms with van der Waals surface area (Å²) in [6, 6.07) is 0.0631. The van der Waals surface area contributed by atoms with Gasteiger partial charge in [-0.15, -0.1) is 0 Å². The lowest BCUT2D eigenvalue weighted by atomic mass is 10.0. The van der Waals surface area contributed by atoms with Crippen LogP contribution in [0.1, 0.15) is 44.9 Å². The molecule has 0 spiro atoms. The van der Waals surface area contributed by atoms with E-state index in [9.17, 15) is 9.32 Å². The fraction of sp³-hybridized carbons (Fsp3) is 1.00. The normalized spacial score (nSPS) is 31.3. The highest BCUT2D eigenvalue weighted by molar-refractivity contribution is 7.92. The second-order valence-electron chi connectivity index (χ2n) is 5.10. The van der Waals surface area contributed by atoms with Gasteiger partial charge in [-0.25, -0.2) is 12.9 Å². The van der Waals surface area contributed by atoms with Crippen LogP contribution in [0.2, 0.25) is 0 Å². The predicted octanol–water partition coefficient (Wildman–Crippen LogP) is 1.79. The van der Waals surface area contributed by atoms with Crippen LogP contribution in [-0.2, 0) is 9.92 Å². The summed E-state index contributed by atoms with van der Waals surface area (Å²) in [4.78, 5) is 0. The molecule has 0 bridgehead atoms. The largest absolute Gasteiger partial charge is 0.395 e. The van der Waals surface area contributed by atoms with Crippen molar-refractivity contribution < 1.29 is 9.32 Å². The average Bonchev–Trinajstić information content (AvgIpc) is 2.87. The van der Waals surface area contributed by atoms with E-state index in [0.29, 0.717) is 0 Å². The Hall–Kier alpha value is -0.130. The Labute approximate surface area is 105 Å². The standard InChI is InChI=1S/C12H24N2O2S/c1-13-17(16,12-7-3-2-4-8-12)14-9-5-6-11(14)10-15/h11-12,15H,2-10H2,1H3/t11-,17?/m1/s1. The van der Waals surface area contributed by atoms with Gasteiger partial charge in [0.25, 0.3) is 0 Å². The van der Waals surface area contributed by atoms with Crippen LogP contribution in [0.5, 0.6) is 0 Å². The summed E-state index contributed by atoms with van der Waals surface area (Å²) in [6.45, 7) is 0.942. The maximum atomic E-state index is 13.1. The van der Waals surface area contributed by atoms with Gasteiger partial charge in [-0.3, -0.25) is 0 Å². The molecule has 17 heavy (non-hydrogen) atoms. The fourth-order valence-corrected chi connectivity index (χ4v) is 5.98. The van der Waals surface area contributed by atoms with Crippen molar-refractivity contribution in [3.63, 3.8) is 0 Å². The Kier molecular flexibility index (Phi) is 4.44. The molecule has 1 saturated carbocycles. The first kappa shape index (κ1) is 13.3. The van der Waals surface area contributed by atoms with E-state index in [0.717, 1.165) is 32.2 Å². The van der Waals surface area contributed by atoms with E-state index in [1.807, 2.05) is 4.31 Å². The summed E-state index contributed by atoms with van der Waals surface area (Å²) in [7, 11) is -0.586. The topological polar surface area (TPSA) is 52.9 Å². The van der Waals surface area contributed by atoms with Crippen molar-refractivity contribution >= 4 is 9.92 Å². The molecular formula is C12H24N2O2S. The lowest BCUT2D eigenvalue weighted by Gasteiger charge is -2.33. The average molecular weight is 260 g/mol. The first-order valence-electron chi connectivity index (χ1n) is 6.74. The quantitative estimate of drug-likeness (QED) is 0.841. The number of aliphatic hydroxyl groups is 1. The van der Waals surface area contributed by atoms with E-state index in [1.54, 1.807) is 7.05 Å². The highest BCUT2D eigenvalue weighted by Gasteiger charge is 2.37. The van der Waals surface area contributed by atoms with Gasteiger partial charge < -0.3 is 5.11 Å². The van der Waals surface area contributed by atoms with Crippen molar-refractivity contribution in [2.75, 3.05) is 20.2 Å². The Morgan fingerprint density at radius 3 is 2.53 bits per heavy atom. The number of hydrogen-bond acceptors (Lipinski definition) is 3. The lowest BCUT2D eigenvalue weighted by Crippen LogP contribution is -2.43. The number of nitrogens with zero attached hydrogens (tertiary/aromatic N) is 2. The van der Waals surface area contributed by atoms with E-state index < -0.39 is 9.92 Å². The van der Waals surface area contributed by atoms with Gasteiger partial charge in [0.2, 0.25) is 0 Å². The van der Waals surface area contributed by atoms with Crippen LogP contribution in [0.3, 0.4) is 0 Å². The van der Waals surface area contributed by atoms with Crippen LogP contribution in [0.25, 0.3) is 0 Å². The van der Waals surface area contributed by atoms with Gasteiger partial charge >= 0.3 is 0 Å². The summed E-state index contributed by atoms with van der Waals surface area (Å²) in [5.74, 6) is 0. The lowest BCUT2D eigenvalue weighted by molar-refractivity contribution is 0.215. The van der Waals surface area contributed by atoms with Crippen LogP contribution in [0, 0.1) is 0 Å². The zero-order valence-corrected chi connectivity index (χ0v) is 11.5. The molecule has 2 atom stereocenters. The van der Waals surface area contributed by atoms with Gasteiger partial charge in [0.05, 0.1) is 11.9 Å². The van der Waals surface area contributed by atoms with E-state index in [4.69, 9.17) is 0 Å². The molecule has 5 heteroatoms. The van der Waals surface area contributed by atoms with E-state index in [-0.39, 0.29) is 17.9 Å². The third-order valence-corrected chi connectivity index (χ3v) is 7.13. The monoisotopic (exact) mass is 260 g/mol. The van der Waals surface area contributed by atoms with Crippen LogP contribution in [0.4, 0.5) is 0 Å². The molecule has 0 aromatic carbocycles. The Morgan fingerprint density at radius 1 is 1.24 bits per heavy atom. The van der Waals surface area contributed by atoms with E-state index in [1.165, 1.54) is 19.3 Å². The van der Waals surface area contributed by atoms with Crippen LogP contribution < -0.4 is 0 Å². The molecule has 4 nitrogen and oxygen atoms in total. The Bertz CT molecular complexity index is 358. The molecule has 1 N–H and O–H groups in total. The van der Waals surface area contributed by atoms with Gasteiger partial charge in [-0.1, -0.05) is 19.3 Å². The highest BCUT2D eigenvalue weighted by atomic mass is 32.2. The summed E-state index contributed by atoms with van der Waals surface area (Å²) in [5, 5.41) is 9.60. The molecule has 0 radical (unpaired) electrons. The molecule has 2 rings (SSSR count). The third kappa shape index (κ3) is 2.51. The molecule has 1 aliphatic heterocycles. The van der Waals surface area contributed by atoms with E-state index >= 15 is 0 Å². The molecule has 1 aliphatic carbocycles. The molecule has 1 unspecified atom stereocenters. The van der Waals surface area contributed by atoms with Crippen molar-refractivity contribution in [3.8, 4) is 0 Å².